The van der Waals surface area contributed by atoms with Crippen molar-refractivity contribution in [2.75, 3.05) is 31.6 Å². The molecule has 4 heterocycles. The van der Waals surface area contributed by atoms with Gasteiger partial charge in [-0.05, 0) is 12.8 Å². The van der Waals surface area contributed by atoms with Gasteiger partial charge in [-0.15, -0.1) is 0 Å². The smallest absolute Gasteiger partial charge is 0.423 e. The number of carbonyl (C=O) groups excluding carboxylic acids is 1. The molecular weight excluding hydrogens is 495 g/mol. The van der Waals surface area contributed by atoms with Crippen molar-refractivity contribution in [1.29, 1.82) is 0 Å². The lowest BCUT2D eigenvalue weighted by molar-refractivity contribution is -0.140. The minimum Gasteiger partial charge on any atom is -0.471 e. The number of anilines is 1. The molecule has 0 aromatic carbocycles. The van der Waals surface area contributed by atoms with Gasteiger partial charge in [-0.3, -0.25) is 9.48 Å². The highest BCUT2D eigenvalue weighted by Gasteiger charge is 2.38. The standard InChI is InChI=1S/C19H24F3N7O5S/c20-19(21,22)15-8-24-18(27-17(15)34-13-3-6-33-11-13)26-12-1-4-29(5-2-12)35(31,32)14-7-25-28(9-14)10-16(23)30/h7-9,12-13H,1-6,10-11H2,(H2,23,30)(H,24,26,27)/t13-/m0/s1. The predicted octanol–water partition coefficient (Wildman–Crippen LogP) is 0.610. The van der Waals surface area contributed by atoms with Crippen LogP contribution in [0.5, 0.6) is 5.88 Å². The first-order valence-electron chi connectivity index (χ1n) is 10.8. The van der Waals surface area contributed by atoms with Crippen molar-refractivity contribution < 1.29 is 35.9 Å². The number of sulfonamides is 1. The van der Waals surface area contributed by atoms with E-state index in [-0.39, 0.29) is 43.1 Å². The van der Waals surface area contributed by atoms with E-state index in [0.717, 1.165) is 10.9 Å². The van der Waals surface area contributed by atoms with Crippen LogP contribution >= 0.6 is 0 Å². The van der Waals surface area contributed by atoms with Crippen LogP contribution in [0.15, 0.2) is 23.5 Å². The molecule has 2 aromatic heterocycles. The molecular formula is C19H24F3N7O5S. The molecule has 35 heavy (non-hydrogen) atoms. The zero-order valence-electron chi connectivity index (χ0n) is 18.4. The van der Waals surface area contributed by atoms with E-state index in [4.69, 9.17) is 15.2 Å². The molecule has 0 bridgehead atoms. The first kappa shape index (κ1) is 25.1. The van der Waals surface area contributed by atoms with E-state index < -0.39 is 39.7 Å². The van der Waals surface area contributed by atoms with Gasteiger partial charge in [0.2, 0.25) is 27.8 Å². The van der Waals surface area contributed by atoms with E-state index in [1.54, 1.807) is 0 Å². The number of halogens is 3. The lowest BCUT2D eigenvalue weighted by atomic mass is 10.1. The van der Waals surface area contributed by atoms with E-state index in [1.165, 1.54) is 10.5 Å². The summed E-state index contributed by atoms with van der Waals surface area (Å²) < 4.78 is 78.9. The van der Waals surface area contributed by atoms with E-state index in [1.807, 2.05) is 0 Å². The van der Waals surface area contributed by atoms with Gasteiger partial charge in [0.05, 0.1) is 19.4 Å². The fraction of sp³-hybridized carbons (Fsp3) is 0.579. The van der Waals surface area contributed by atoms with Crippen molar-refractivity contribution in [1.82, 2.24) is 24.1 Å². The van der Waals surface area contributed by atoms with Gasteiger partial charge in [0.25, 0.3) is 0 Å². The number of nitrogens with zero attached hydrogens (tertiary/aromatic N) is 5. The second-order valence-electron chi connectivity index (χ2n) is 8.18. The summed E-state index contributed by atoms with van der Waals surface area (Å²) >= 11 is 0. The Morgan fingerprint density at radius 3 is 2.63 bits per heavy atom. The largest absolute Gasteiger partial charge is 0.471 e. The number of alkyl halides is 3. The van der Waals surface area contributed by atoms with Crippen LogP contribution in [0.25, 0.3) is 0 Å². The molecule has 0 unspecified atom stereocenters. The van der Waals surface area contributed by atoms with Crippen molar-refractivity contribution in [3.05, 3.63) is 24.2 Å². The van der Waals surface area contributed by atoms with Crippen LogP contribution in [0.2, 0.25) is 0 Å². The van der Waals surface area contributed by atoms with E-state index in [9.17, 15) is 26.4 Å². The van der Waals surface area contributed by atoms with Gasteiger partial charge in [0, 0.05) is 37.9 Å². The number of hydrogen-bond donors (Lipinski definition) is 2. The summed E-state index contributed by atoms with van der Waals surface area (Å²) in [5.74, 6) is -1.26. The summed E-state index contributed by atoms with van der Waals surface area (Å²) in [6.45, 7) is 0.650. The third kappa shape index (κ3) is 5.99. The lowest BCUT2D eigenvalue weighted by Gasteiger charge is -2.31. The zero-order valence-corrected chi connectivity index (χ0v) is 19.3. The van der Waals surface area contributed by atoms with Crippen LogP contribution in [-0.4, -0.2) is 76.8 Å². The topological polar surface area (TPSA) is 155 Å². The van der Waals surface area contributed by atoms with Crippen molar-refractivity contribution in [3.8, 4) is 5.88 Å². The first-order valence-corrected chi connectivity index (χ1v) is 12.2. The number of nitrogens with one attached hydrogen (secondary N) is 1. The molecule has 3 N–H and O–H groups in total. The Kier molecular flexibility index (Phi) is 7.14. The quantitative estimate of drug-likeness (QED) is 0.510. The van der Waals surface area contributed by atoms with Crippen LogP contribution < -0.4 is 15.8 Å². The van der Waals surface area contributed by atoms with Gasteiger partial charge in [0.1, 0.15) is 23.1 Å². The molecule has 12 nitrogen and oxygen atoms in total. The highest BCUT2D eigenvalue weighted by atomic mass is 32.2. The molecule has 0 radical (unpaired) electrons. The third-order valence-electron chi connectivity index (χ3n) is 5.58. The van der Waals surface area contributed by atoms with Gasteiger partial charge < -0.3 is 20.5 Å². The minimum absolute atomic E-state index is 0.0408. The normalized spacial score (nSPS) is 20.1. The van der Waals surface area contributed by atoms with E-state index in [0.29, 0.717) is 32.1 Å². The number of primary amides is 1. The maximum Gasteiger partial charge on any atom is 0.423 e. The van der Waals surface area contributed by atoms with Gasteiger partial charge in [0.15, 0.2) is 0 Å². The number of nitrogens with two attached hydrogens (primary N) is 1. The molecule has 16 heteroatoms. The number of rotatable bonds is 8. The number of aromatic nitrogens is 4. The van der Waals surface area contributed by atoms with Crippen LogP contribution in [0.1, 0.15) is 24.8 Å². The summed E-state index contributed by atoms with van der Waals surface area (Å²) in [5.41, 5.74) is 4.02. The van der Waals surface area contributed by atoms with Crippen LogP contribution in [0.3, 0.4) is 0 Å². The maximum absolute atomic E-state index is 13.4. The Hall–Kier alpha value is -2.98. The Bertz CT molecular complexity index is 1160. The van der Waals surface area contributed by atoms with Crippen molar-refractivity contribution in [3.63, 3.8) is 0 Å². The average Bonchev–Trinajstić information content (AvgIpc) is 3.46. The van der Waals surface area contributed by atoms with Gasteiger partial charge >= 0.3 is 6.18 Å². The molecule has 2 aliphatic heterocycles. The maximum atomic E-state index is 13.4. The molecule has 2 aromatic rings. The summed E-state index contributed by atoms with van der Waals surface area (Å²) in [5, 5.41) is 6.81. The fourth-order valence-corrected chi connectivity index (χ4v) is 5.20. The van der Waals surface area contributed by atoms with Gasteiger partial charge in [-0.2, -0.15) is 27.6 Å². The second kappa shape index (κ2) is 9.94. The number of ether oxygens (including phenoxy) is 2. The van der Waals surface area contributed by atoms with Crippen molar-refractivity contribution >= 4 is 21.9 Å². The second-order valence-corrected chi connectivity index (χ2v) is 10.1. The van der Waals surface area contributed by atoms with Gasteiger partial charge in [-0.25, -0.2) is 13.4 Å². The molecule has 0 saturated carbocycles. The molecule has 2 saturated heterocycles. The molecule has 192 valence electrons. The lowest BCUT2D eigenvalue weighted by Crippen LogP contribution is -2.42. The van der Waals surface area contributed by atoms with Crippen molar-refractivity contribution in [2.24, 2.45) is 5.73 Å². The summed E-state index contributed by atoms with van der Waals surface area (Å²) in [6.07, 6.45) is -0.968. The summed E-state index contributed by atoms with van der Waals surface area (Å²) in [4.78, 5) is 18.7. The van der Waals surface area contributed by atoms with Crippen LogP contribution in [-0.2, 0) is 32.3 Å². The summed E-state index contributed by atoms with van der Waals surface area (Å²) in [7, 11) is -3.83. The zero-order chi connectivity index (χ0) is 25.2. The van der Waals surface area contributed by atoms with Crippen LogP contribution in [0, 0.1) is 0 Å². The van der Waals surface area contributed by atoms with Crippen molar-refractivity contribution in [2.45, 2.75) is 49.0 Å². The molecule has 0 aliphatic carbocycles. The molecule has 1 atom stereocenters. The SMILES string of the molecule is NC(=O)Cn1cc(S(=O)(=O)N2CCC(Nc3ncc(C(F)(F)F)c(O[C@H]4CCOC4)n3)CC2)cn1. The Morgan fingerprint density at radius 2 is 2.00 bits per heavy atom. The highest BCUT2D eigenvalue weighted by molar-refractivity contribution is 7.89. The van der Waals surface area contributed by atoms with Gasteiger partial charge in [-0.1, -0.05) is 0 Å². The summed E-state index contributed by atoms with van der Waals surface area (Å²) in [6, 6.07) is -0.265. The predicted molar refractivity (Wildman–Crippen MR) is 114 cm³/mol. The van der Waals surface area contributed by atoms with Crippen LogP contribution in [0.4, 0.5) is 19.1 Å². The molecule has 2 aliphatic rings. The van der Waals surface area contributed by atoms with E-state index >= 15 is 0 Å². The Morgan fingerprint density at radius 1 is 1.26 bits per heavy atom. The molecule has 4 rings (SSSR count). The number of piperidine rings is 1. The van der Waals surface area contributed by atoms with E-state index in [2.05, 4.69) is 20.4 Å². The average molecular weight is 520 g/mol. The number of carbonyl (C=O) groups is 1. The molecule has 2 fully saturated rings. The monoisotopic (exact) mass is 519 g/mol. The molecule has 0 spiro atoms. The third-order valence-corrected chi connectivity index (χ3v) is 7.43. The molecule has 1 amide bonds. The Labute approximate surface area is 198 Å². The minimum atomic E-state index is -4.68. The number of hydrogen-bond acceptors (Lipinski definition) is 9. The highest BCUT2D eigenvalue weighted by Crippen LogP contribution is 2.36. The Balaban J connectivity index is 1.40. The fourth-order valence-electron chi connectivity index (χ4n) is 3.78. The number of amides is 1. The first-order chi connectivity index (χ1) is 16.5.